The van der Waals surface area contributed by atoms with Crippen molar-refractivity contribution in [1.29, 1.82) is 0 Å². The molecule has 7 nitrogen and oxygen atoms in total. The molecule has 3 rings (SSSR count). The molecule has 2 aliphatic rings. The molecule has 2 heterocycles. The molecule has 9 heteroatoms. The molecule has 0 aromatic carbocycles. The number of nitrogens with zero attached hydrogens (tertiary/aromatic N) is 3. The van der Waals surface area contributed by atoms with E-state index in [1.165, 1.54) is 11.8 Å². The molecule has 1 fully saturated rings. The van der Waals surface area contributed by atoms with Crippen LogP contribution in [0.4, 0.5) is 5.82 Å². The number of thioether (sulfide) groups is 1. The lowest BCUT2D eigenvalue weighted by Gasteiger charge is -2.47. The monoisotopic (exact) mass is 362 g/mol. The predicted molar refractivity (Wildman–Crippen MR) is 98.5 cm³/mol. The Morgan fingerprint density at radius 2 is 2.24 bits per heavy atom. The van der Waals surface area contributed by atoms with Gasteiger partial charge in [-0.3, -0.25) is 9.59 Å². The van der Waals surface area contributed by atoms with Gasteiger partial charge in [-0.25, -0.2) is 9.97 Å². The number of rotatable bonds is 5. The summed E-state index contributed by atoms with van der Waals surface area (Å²) in [5, 5.41) is 13.6. The average molecular weight is 362 g/mol. The van der Waals surface area contributed by atoms with Crippen LogP contribution in [0.5, 0.6) is 0 Å². The van der Waals surface area contributed by atoms with Crippen LogP contribution in [0.2, 0.25) is 6.82 Å². The molecule has 2 N–H and O–H groups in total. The molecule has 1 unspecified atom stereocenters. The zero-order valence-electron chi connectivity index (χ0n) is 14.6. The summed E-state index contributed by atoms with van der Waals surface area (Å²) in [6, 6.07) is -0.644. The predicted octanol–water partition coefficient (Wildman–Crippen LogP) is 0.781. The van der Waals surface area contributed by atoms with Crippen molar-refractivity contribution in [2.24, 2.45) is 0 Å². The normalized spacial score (nSPS) is 21.8. The highest BCUT2D eigenvalue weighted by Crippen LogP contribution is 2.43. The van der Waals surface area contributed by atoms with Crippen molar-refractivity contribution in [2.75, 3.05) is 17.8 Å². The van der Waals surface area contributed by atoms with Crippen LogP contribution >= 0.6 is 11.8 Å². The lowest BCUT2D eigenvalue weighted by molar-refractivity contribution is -0.121. The summed E-state index contributed by atoms with van der Waals surface area (Å²) in [7, 11) is 0.496. The Morgan fingerprint density at radius 1 is 1.52 bits per heavy atom. The second-order valence-electron chi connectivity index (χ2n) is 6.59. The van der Waals surface area contributed by atoms with E-state index in [0.717, 1.165) is 25.7 Å². The largest absolute Gasteiger partial charge is 0.401 e. The molecule has 1 saturated carbocycles. The number of Topliss-reactive ketones (excluding diaryl/α,β-unsaturated/α-hetero) is 1. The Hall–Kier alpha value is -1.61. The minimum Gasteiger partial charge on any atom is -0.401 e. The summed E-state index contributed by atoms with van der Waals surface area (Å²) in [6.07, 6.45) is 7.05. The van der Waals surface area contributed by atoms with Crippen LogP contribution in [0, 0.1) is 0 Å². The van der Waals surface area contributed by atoms with Crippen LogP contribution in [0.25, 0.3) is 0 Å². The quantitative estimate of drug-likeness (QED) is 0.454. The van der Waals surface area contributed by atoms with E-state index >= 15 is 0 Å². The van der Waals surface area contributed by atoms with E-state index in [1.807, 2.05) is 18.0 Å². The summed E-state index contributed by atoms with van der Waals surface area (Å²) < 4.78 is 0. The number of amides is 1. The standard InChI is InChI=1S/C16H23BN4O3S/c1-17-20-14(24)11-7-12(23)10-8-18-15(25-2)19-13(10)21(11)16(9-22)5-3-4-6-16/h8,11,17,22H,3-7,9H2,1-2H3,(H,20,24). The number of anilines is 1. The molecule has 25 heavy (non-hydrogen) atoms. The topological polar surface area (TPSA) is 95.4 Å². The third kappa shape index (κ3) is 3.15. The van der Waals surface area contributed by atoms with Gasteiger partial charge in [-0.1, -0.05) is 31.4 Å². The van der Waals surface area contributed by atoms with Crippen molar-refractivity contribution in [2.45, 2.75) is 55.7 Å². The third-order valence-corrected chi connectivity index (χ3v) is 5.70. The van der Waals surface area contributed by atoms with Crippen molar-refractivity contribution >= 4 is 36.7 Å². The first-order valence-corrected chi connectivity index (χ1v) is 9.91. The minimum atomic E-state index is -0.644. The van der Waals surface area contributed by atoms with Gasteiger partial charge in [-0.2, -0.15) is 0 Å². The van der Waals surface area contributed by atoms with Crippen LogP contribution < -0.4 is 10.1 Å². The number of hydrogen-bond acceptors (Lipinski definition) is 7. The first-order chi connectivity index (χ1) is 12.1. The van der Waals surface area contributed by atoms with Crippen LogP contribution in [0.1, 0.15) is 42.5 Å². The molecule has 1 aromatic rings. The Labute approximate surface area is 152 Å². The van der Waals surface area contributed by atoms with E-state index in [4.69, 9.17) is 0 Å². The van der Waals surface area contributed by atoms with Crippen LogP contribution in [0.3, 0.4) is 0 Å². The van der Waals surface area contributed by atoms with Gasteiger partial charge in [-0.15, -0.1) is 0 Å². The number of nitrogens with one attached hydrogen (secondary N) is 1. The van der Waals surface area contributed by atoms with Gasteiger partial charge in [-0.05, 0) is 19.1 Å². The van der Waals surface area contributed by atoms with Crippen molar-refractivity contribution in [3.8, 4) is 0 Å². The van der Waals surface area contributed by atoms with Gasteiger partial charge in [0.2, 0.25) is 13.3 Å². The lowest BCUT2D eigenvalue weighted by Crippen LogP contribution is -2.62. The van der Waals surface area contributed by atoms with Crippen molar-refractivity contribution < 1.29 is 14.7 Å². The molecular weight excluding hydrogens is 339 g/mol. The number of fused-ring (bicyclic) bond motifs is 1. The van der Waals surface area contributed by atoms with Gasteiger partial charge >= 0.3 is 0 Å². The molecule has 1 aliphatic heterocycles. The van der Waals surface area contributed by atoms with E-state index in [-0.39, 0.29) is 24.7 Å². The number of ketones is 1. The number of aliphatic hydroxyl groups is 1. The molecule has 134 valence electrons. The Balaban J connectivity index is 2.14. The summed E-state index contributed by atoms with van der Waals surface area (Å²) in [5.74, 6) is 0.176. The zero-order chi connectivity index (χ0) is 18.0. The maximum Gasteiger partial charge on any atom is 0.233 e. The lowest BCUT2D eigenvalue weighted by atomic mass is 9.87. The summed E-state index contributed by atoms with van der Waals surface area (Å²) in [4.78, 5) is 36.0. The maximum absolute atomic E-state index is 12.7. The van der Waals surface area contributed by atoms with Crippen molar-refractivity contribution in [3.63, 3.8) is 0 Å². The Morgan fingerprint density at radius 3 is 2.84 bits per heavy atom. The fraction of sp³-hybridized carbons (Fsp3) is 0.625. The molecular formula is C16H23BN4O3S. The van der Waals surface area contributed by atoms with Gasteiger partial charge < -0.3 is 15.2 Å². The van der Waals surface area contributed by atoms with Gasteiger partial charge in [0.25, 0.3) is 0 Å². The van der Waals surface area contributed by atoms with E-state index in [2.05, 4.69) is 15.2 Å². The molecule has 1 amide bonds. The highest BCUT2D eigenvalue weighted by molar-refractivity contribution is 7.98. The molecule has 0 spiro atoms. The third-order valence-electron chi connectivity index (χ3n) is 5.14. The summed E-state index contributed by atoms with van der Waals surface area (Å²) >= 11 is 1.39. The minimum absolute atomic E-state index is 0.0604. The molecule has 1 aliphatic carbocycles. The Kier molecular flexibility index (Phi) is 5.33. The molecule has 0 bridgehead atoms. The van der Waals surface area contributed by atoms with Crippen molar-refractivity contribution in [1.82, 2.24) is 15.2 Å². The number of carbonyl (C=O) groups is 2. The van der Waals surface area contributed by atoms with Gasteiger partial charge in [0.15, 0.2) is 10.9 Å². The number of aromatic nitrogens is 2. The fourth-order valence-electron chi connectivity index (χ4n) is 3.93. The fourth-order valence-corrected chi connectivity index (χ4v) is 4.26. The molecule has 0 radical (unpaired) electrons. The van der Waals surface area contributed by atoms with Crippen LogP contribution in [-0.4, -0.2) is 58.6 Å². The second kappa shape index (κ2) is 7.33. The van der Waals surface area contributed by atoms with E-state index < -0.39 is 11.6 Å². The smallest absolute Gasteiger partial charge is 0.233 e. The second-order valence-corrected chi connectivity index (χ2v) is 7.36. The SMILES string of the molecule is CBNC(=O)C1CC(=O)c2cnc(SC)nc2N1C1(CO)CCCC1. The first kappa shape index (κ1) is 18.2. The maximum atomic E-state index is 12.7. The Bertz CT molecular complexity index is 681. The average Bonchev–Trinajstić information content (AvgIpc) is 3.11. The highest BCUT2D eigenvalue weighted by atomic mass is 32.2. The van der Waals surface area contributed by atoms with E-state index in [0.29, 0.717) is 24.0 Å². The summed E-state index contributed by atoms with van der Waals surface area (Å²) in [6.45, 7) is 1.79. The van der Waals surface area contributed by atoms with E-state index in [9.17, 15) is 14.7 Å². The van der Waals surface area contributed by atoms with Crippen LogP contribution in [-0.2, 0) is 4.79 Å². The molecule has 1 atom stereocenters. The molecule has 0 saturated heterocycles. The highest BCUT2D eigenvalue weighted by Gasteiger charge is 2.49. The molecule has 1 aromatic heterocycles. The van der Waals surface area contributed by atoms with Crippen molar-refractivity contribution in [3.05, 3.63) is 11.8 Å². The van der Waals surface area contributed by atoms with Gasteiger partial charge in [0.1, 0.15) is 11.9 Å². The van der Waals surface area contributed by atoms with Gasteiger partial charge in [0.05, 0.1) is 17.7 Å². The number of aliphatic hydroxyl groups excluding tert-OH is 1. The number of carbonyl (C=O) groups excluding carboxylic acids is 2. The van der Waals surface area contributed by atoms with Gasteiger partial charge in [0, 0.05) is 12.6 Å². The zero-order valence-corrected chi connectivity index (χ0v) is 15.4. The van der Waals surface area contributed by atoms with E-state index in [1.54, 1.807) is 6.20 Å². The first-order valence-electron chi connectivity index (χ1n) is 8.68. The van der Waals surface area contributed by atoms with Crippen LogP contribution in [0.15, 0.2) is 11.4 Å². The summed E-state index contributed by atoms with van der Waals surface area (Å²) in [5.41, 5.74) is -0.104. The number of hydrogen-bond donors (Lipinski definition) is 2.